The number of amides is 1. The summed E-state index contributed by atoms with van der Waals surface area (Å²) in [5.41, 5.74) is 3.04. The summed E-state index contributed by atoms with van der Waals surface area (Å²) in [6.07, 6.45) is 3.66. The predicted molar refractivity (Wildman–Crippen MR) is 115 cm³/mol. The number of carbonyl (C=O) groups is 1. The van der Waals surface area contributed by atoms with Crippen LogP contribution in [0, 0.1) is 5.41 Å². The third kappa shape index (κ3) is 4.35. The van der Waals surface area contributed by atoms with E-state index in [1.165, 1.54) is 5.56 Å². The monoisotopic (exact) mass is 409 g/mol. The lowest BCUT2D eigenvalue weighted by Crippen LogP contribution is -2.36. The Morgan fingerprint density at radius 2 is 2.00 bits per heavy atom. The summed E-state index contributed by atoms with van der Waals surface area (Å²) in [5.74, 6) is 1.16. The number of methoxy groups -OCH3 is 1. The average molecular weight is 410 g/mol. The molecule has 0 saturated carbocycles. The highest BCUT2D eigenvalue weighted by Gasteiger charge is 2.50. The van der Waals surface area contributed by atoms with Crippen molar-refractivity contribution < 1.29 is 14.3 Å². The first-order valence-corrected chi connectivity index (χ1v) is 10.8. The molecule has 2 fully saturated rings. The lowest BCUT2D eigenvalue weighted by molar-refractivity contribution is -0.136. The zero-order valence-corrected chi connectivity index (χ0v) is 18.0. The molecule has 1 spiro atoms. The van der Waals surface area contributed by atoms with Gasteiger partial charge in [-0.2, -0.15) is 0 Å². The molecule has 1 amide bonds. The third-order valence-corrected chi connectivity index (χ3v) is 6.33. The van der Waals surface area contributed by atoms with E-state index >= 15 is 0 Å². The van der Waals surface area contributed by atoms with E-state index < -0.39 is 0 Å². The molecule has 2 aromatic rings. The fraction of sp³-hybridized carbons (Fsp3) is 0.500. The number of aromatic nitrogens is 1. The predicted octanol–water partition coefficient (Wildman–Crippen LogP) is 3.25. The maximum absolute atomic E-state index is 13.2. The van der Waals surface area contributed by atoms with Gasteiger partial charge in [0.15, 0.2) is 0 Å². The van der Waals surface area contributed by atoms with E-state index in [4.69, 9.17) is 9.47 Å². The highest BCUT2D eigenvalue weighted by Crippen LogP contribution is 2.41. The second-order valence-electron chi connectivity index (χ2n) is 8.32. The number of benzene rings is 1. The van der Waals surface area contributed by atoms with Gasteiger partial charge in [-0.3, -0.25) is 14.7 Å². The molecule has 6 heteroatoms. The van der Waals surface area contributed by atoms with Crippen LogP contribution in [0.2, 0.25) is 0 Å². The van der Waals surface area contributed by atoms with Crippen molar-refractivity contribution in [1.82, 2.24) is 14.8 Å². The summed E-state index contributed by atoms with van der Waals surface area (Å²) in [5, 5.41) is 0. The normalized spacial score (nSPS) is 21.7. The largest absolute Gasteiger partial charge is 0.496 e. The van der Waals surface area contributed by atoms with Gasteiger partial charge in [0.2, 0.25) is 5.91 Å². The standard InChI is InChI=1S/C24H31N3O3/c1-3-30-17-20-14-19(7-8-22(20)29-2)15-26-12-9-24(18-26)10-13-27(23(24)28)16-21-6-4-5-11-25-21/h4-8,11,14H,3,9-10,12-13,15-18H2,1-2H3. The summed E-state index contributed by atoms with van der Waals surface area (Å²) >= 11 is 0. The van der Waals surface area contributed by atoms with Crippen LogP contribution >= 0.6 is 0 Å². The molecule has 2 aliphatic heterocycles. The SMILES string of the molecule is CCOCc1cc(CN2CCC3(CCN(Cc4ccccn4)C3=O)C2)ccc1OC. The number of rotatable bonds is 8. The van der Waals surface area contributed by atoms with Crippen LogP contribution in [0.1, 0.15) is 36.6 Å². The van der Waals surface area contributed by atoms with Crippen molar-refractivity contribution in [3.8, 4) is 5.75 Å². The molecule has 0 aliphatic carbocycles. The first-order chi connectivity index (χ1) is 14.6. The quantitative estimate of drug-likeness (QED) is 0.670. The van der Waals surface area contributed by atoms with Crippen molar-refractivity contribution in [2.24, 2.45) is 5.41 Å². The van der Waals surface area contributed by atoms with Crippen LogP contribution in [-0.2, 0) is 29.2 Å². The minimum Gasteiger partial charge on any atom is -0.496 e. The van der Waals surface area contributed by atoms with Gasteiger partial charge in [0, 0.05) is 38.0 Å². The maximum Gasteiger partial charge on any atom is 0.230 e. The van der Waals surface area contributed by atoms with Crippen LogP contribution in [-0.4, -0.2) is 54.0 Å². The zero-order valence-electron chi connectivity index (χ0n) is 18.0. The fourth-order valence-electron chi connectivity index (χ4n) is 4.72. The second kappa shape index (κ2) is 9.14. The number of likely N-dealkylation sites (tertiary alicyclic amines) is 2. The van der Waals surface area contributed by atoms with Crippen LogP contribution in [0.4, 0.5) is 0 Å². The molecule has 160 valence electrons. The van der Waals surface area contributed by atoms with Gasteiger partial charge in [-0.25, -0.2) is 0 Å². The van der Waals surface area contributed by atoms with Crippen LogP contribution in [0.25, 0.3) is 0 Å². The Bertz CT molecular complexity index is 873. The molecular formula is C24H31N3O3. The van der Waals surface area contributed by atoms with Gasteiger partial charge in [0.05, 0.1) is 31.4 Å². The van der Waals surface area contributed by atoms with E-state index in [0.717, 1.165) is 56.0 Å². The van der Waals surface area contributed by atoms with E-state index in [1.54, 1.807) is 13.3 Å². The Hall–Kier alpha value is -2.44. The molecule has 2 aliphatic rings. The number of hydrogen-bond acceptors (Lipinski definition) is 5. The van der Waals surface area contributed by atoms with E-state index in [-0.39, 0.29) is 5.41 Å². The van der Waals surface area contributed by atoms with Gasteiger partial charge >= 0.3 is 0 Å². The molecule has 6 nitrogen and oxygen atoms in total. The molecule has 3 heterocycles. The van der Waals surface area contributed by atoms with E-state index in [1.807, 2.05) is 36.1 Å². The third-order valence-electron chi connectivity index (χ3n) is 6.33. The molecular weight excluding hydrogens is 378 g/mol. The van der Waals surface area contributed by atoms with Gasteiger partial charge < -0.3 is 14.4 Å². The molecule has 1 atom stereocenters. The molecule has 2 saturated heterocycles. The summed E-state index contributed by atoms with van der Waals surface area (Å²) in [7, 11) is 1.69. The van der Waals surface area contributed by atoms with Crippen molar-refractivity contribution in [3.05, 3.63) is 59.4 Å². The lowest BCUT2D eigenvalue weighted by atomic mass is 9.85. The second-order valence-corrected chi connectivity index (χ2v) is 8.32. The van der Waals surface area contributed by atoms with E-state index in [0.29, 0.717) is 25.7 Å². The highest BCUT2D eigenvalue weighted by atomic mass is 16.5. The van der Waals surface area contributed by atoms with Crippen LogP contribution in [0.3, 0.4) is 0 Å². The molecule has 0 bridgehead atoms. The Labute approximate surface area is 178 Å². The van der Waals surface area contributed by atoms with Crippen LogP contribution in [0.5, 0.6) is 5.75 Å². The van der Waals surface area contributed by atoms with E-state index in [9.17, 15) is 4.79 Å². The average Bonchev–Trinajstić information content (AvgIpc) is 3.32. The Morgan fingerprint density at radius 1 is 1.13 bits per heavy atom. The topological polar surface area (TPSA) is 54.9 Å². The molecule has 4 rings (SSSR count). The van der Waals surface area contributed by atoms with Crippen LogP contribution < -0.4 is 4.74 Å². The summed E-state index contributed by atoms with van der Waals surface area (Å²) in [4.78, 5) is 22.0. The molecule has 0 radical (unpaired) electrons. The number of hydrogen-bond donors (Lipinski definition) is 0. The smallest absolute Gasteiger partial charge is 0.230 e. The summed E-state index contributed by atoms with van der Waals surface area (Å²) < 4.78 is 11.1. The first kappa shape index (κ1) is 20.8. The molecule has 0 N–H and O–H groups in total. The molecule has 30 heavy (non-hydrogen) atoms. The number of pyridine rings is 1. The molecule has 1 aromatic heterocycles. The highest BCUT2D eigenvalue weighted by molar-refractivity contribution is 5.85. The fourth-order valence-corrected chi connectivity index (χ4v) is 4.72. The number of nitrogens with zero attached hydrogens (tertiary/aromatic N) is 3. The Morgan fingerprint density at radius 3 is 2.77 bits per heavy atom. The van der Waals surface area contributed by atoms with Crippen molar-refractivity contribution in [2.45, 2.75) is 39.5 Å². The Balaban J connectivity index is 1.39. The minimum atomic E-state index is -0.227. The van der Waals surface area contributed by atoms with Crippen molar-refractivity contribution in [1.29, 1.82) is 0 Å². The number of ether oxygens (including phenoxy) is 2. The molecule has 1 unspecified atom stereocenters. The number of carbonyl (C=O) groups excluding carboxylic acids is 1. The van der Waals surface area contributed by atoms with Crippen molar-refractivity contribution in [3.63, 3.8) is 0 Å². The van der Waals surface area contributed by atoms with Gasteiger partial charge in [0.1, 0.15) is 5.75 Å². The van der Waals surface area contributed by atoms with Crippen molar-refractivity contribution in [2.75, 3.05) is 33.4 Å². The van der Waals surface area contributed by atoms with Gasteiger partial charge in [0.25, 0.3) is 0 Å². The minimum absolute atomic E-state index is 0.227. The van der Waals surface area contributed by atoms with E-state index in [2.05, 4.69) is 22.0 Å². The lowest BCUT2D eigenvalue weighted by Gasteiger charge is -2.24. The summed E-state index contributed by atoms with van der Waals surface area (Å²) in [6.45, 7) is 7.30. The summed E-state index contributed by atoms with van der Waals surface area (Å²) in [6, 6.07) is 12.2. The van der Waals surface area contributed by atoms with Crippen LogP contribution in [0.15, 0.2) is 42.6 Å². The molecule has 1 aromatic carbocycles. The van der Waals surface area contributed by atoms with Gasteiger partial charge in [-0.05, 0) is 56.1 Å². The van der Waals surface area contributed by atoms with Gasteiger partial charge in [-0.1, -0.05) is 12.1 Å². The zero-order chi connectivity index (χ0) is 21.0. The first-order valence-electron chi connectivity index (χ1n) is 10.8. The Kier molecular flexibility index (Phi) is 6.35. The van der Waals surface area contributed by atoms with Gasteiger partial charge in [-0.15, -0.1) is 0 Å². The maximum atomic E-state index is 13.2. The van der Waals surface area contributed by atoms with Crippen molar-refractivity contribution >= 4 is 5.91 Å².